The number of aromatic amines is 2. The summed E-state index contributed by atoms with van der Waals surface area (Å²) in [5, 5.41) is 2.46. The van der Waals surface area contributed by atoms with Crippen molar-refractivity contribution >= 4 is 51.3 Å². The van der Waals surface area contributed by atoms with Crippen molar-refractivity contribution in [1.82, 2.24) is 15.0 Å². The molecule has 0 radical (unpaired) electrons. The normalized spacial score (nSPS) is 11.5. The topological polar surface area (TPSA) is 93.9 Å². The number of carbonyl (C=O) groups is 1. The number of carbonyl (C=O) groups excluding carboxylic acids is 1. The number of aromatic nitrogens is 3. The van der Waals surface area contributed by atoms with E-state index in [1.54, 1.807) is 53.2 Å². The van der Waals surface area contributed by atoms with Crippen LogP contribution in [0, 0.1) is 0 Å². The highest BCUT2D eigenvalue weighted by Gasteiger charge is 2.30. The summed E-state index contributed by atoms with van der Waals surface area (Å²) in [4.78, 5) is 34.2. The first-order valence-electron chi connectivity index (χ1n) is 9.30. The van der Waals surface area contributed by atoms with Crippen molar-refractivity contribution in [1.29, 1.82) is 0 Å². The molecular formula is C21H15F3IN5O2. The van der Waals surface area contributed by atoms with E-state index in [1.165, 1.54) is 21.4 Å². The maximum atomic E-state index is 12.9. The Morgan fingerprint density at radius 1 is 1.12 bits per heavy atom. The van der Waals surface area contributed by atoms with Crippen LogP contribution in [0.4, 0.5) is 29.3 Å². The minimum atomic E-state index is -4.49. The van der Waals surface area contributed by atoms with Gasteiger partial charge in [-0.3, -0.25) is 4.79 Å². The molecule has 0 aliphatic heterocycles. The van der Waals surface area contributed by atoms with Crippen molar-refractivity contribution in [2.75, 3.05) is 8.43 Å². The predicted octanol–water partition coefficient (Wildman–Crippen LogP) is 5.25. The molecule has 2 amide bonds. The Morgan fingerprint density at radius 3 is 2.56 bits per heavy atom. The smallest absolute Gasteiger partial charge is 0.337 e. The molecule has 3 N–H and O–H groups in total. The molecule has 0 fully saturated rings. The Balaban J connectivity index is 1.44. The Labute approximate surface area is 193 Å². The molecule has 7 nitrogen and oxygen atoms in total. The Kier molecular flexibility index (Phi) is 5.91. The average Bonchev–Trinajstić information content (AvgIpc) is 3.17. The lowest BCUT2D eigenvalue weighted by Crippen LogP contribution is -2.26. The van der Waals surface area contributed by atoms with Crippen molar-refractivity contribution in [2.45, 2.75) is 12.6 Å². The highest BCUT2D eigenvalue weighted by molar-refractivity contribution is 14.1. The van der Waals surface area contributed by atoms with E-state index in [9.17, 15) is 22.8 Å². The fourth-order valence-electron chi connectivity index (χ4n) is 3.08. The molecule has 4 rings (SSSR count). The van der Waals surface area contributed by atoms with E-state index in [1.807, 2.05) is 0 Å². The van der Waals surface area contributed by atoms with Crippen LogP contribution in [0.5, 0.6) is 0 Å². The lowest BCUT2D eigenvalue weighted by Gasteiger charge is -2.17. The van der Waals surface area contributed by atoms with Crippen LogP contribution in [0.2, 0.25) is 0 Å². The summed E-state index contributed by atoms with van der Waals surface area (Å²) < 4.78 is 39.8. The SMILES string of the molecule is O=C(Nc1cccc(C(F)(F)F)c1)N(I)c1ccc(Cc2nc3cc[nH]c(=O)c3[nH]2)cc1. The van der Waals surface area contributed by atoms with Crippen LogP contribution in [0.1, 0.15) is 17.0 Å². The number of nitrogens with one attached hydrogen (secondary N) is 3. The Bertz CT molecular complexity index is 1330. The Hall–Kier alpha value is -3.35. The van der Waals surface area contributed by atoms with Gasteiger partial charge in [-0.25, -0.2) is 12.9 Å². The van der Waals surface area contributed by atoms with Gasteiger partial charge in [-0.15, -0.1) is 0 Å². The van der Waals surface area contributed by atoms with Crippen molar-refractivity contribution < 1.29 is 18.0 Å². The van der Waals surface area contributed by atoms with Gasteiger partial charge in [0.25, 0.3) is 5.56 Å². The number of anilines is 2. The lowest BCUT2D eigenvalue weighted by atomic mass is 10.1. The third kappa shape index (κ3) is 4.77. The zero-order valence-corrected chi connectivity index (χ0v) is 18.4. The molecule has 32 heavy (non-hydrogen) atoms. The highest BCUT2D eigenvalue weighted by atomic mass is 127. The van der Waals surface area contributed by atoms with E-state index in [0.29, 0.717) is 29.0 Å². The number of hydrogen-bond donors (Lipinski definition) is 3. The summed E-state index contributed by atoms with van der Waals surface area (Å²) in [6, 6.07) is 12.6. The molecule has 0 aliphatic carbocycles. The molecule has 4 aromatic rings. The number of fused-ring (bicyclic) bond motifs is 1. The molecule has 0 saturated carbocycles. The van der Waals surface area contributed by atoms with Gasteiger partial charge in [-0.1, -0.05) is 18.2 Å². The highest BCUT2D eigenvalue weighted by Crippen LogP contribution is 2.31. The van der Waals surface area contributed by atoms with Gasteiger partial charge in [0.15, 0.2) is 0 Å². The fraction of sp³-hybridized carbons (Fsp3) is 0.0952. The van der Waals surface area contributed by atoms with Gasteiger partial charge in [0.05, 0.1) is 39.6 Å². The zero-order chi connectivity index (χ0) is 22.9. The molecule has 2 aromatic carbocycles. The van der Waals surface area contributed by atoms with Gasteiger partial charge in [0.2, 0.25) is 0 Å². The van der Waals surface area contributed by atoms with E-state index >= 15 is 0 Å². The number of alkyl halides is 3. The molecule has 2 heterocycles. The third-order valence-corrected chi connectivity index (χ3v) is 5.61. The second-order valence-electron chi connectivity index (χ2n) is 6.88. The molecule has 164 valence electrons. The van der Waals surface area contributed by atoms with Crippen LogP contribution in [0.25, 0.3) is 11.0 Å². The van der Waals surface area contributed by atoms with Crippen molar-refractivity contribution in [3.8, 4) is 0 Å². The quantitative estimate of drug-likeness (QED) is 0.238. The van der Waals surface area contributed by atoms with E-state index in [4.69, 9.17) is 0 Å². The van der Waals surface area contributed by atoms with Crippen LogP contribution in [0.3, 0.4) is 0 Å². The van der Waals surface area contributed by atoms with E-state index in [2.05, 4.69) is 20.3 Å². The van der Waals surface area contributed by atoms with Gasteiger partial charge in [0, 0.05) is 18.3 Å². The maximum Gasteiger partial charge on any atom is 0.416 e. The van der Waals surface area contributed by atoms with Crippen molar-refractivity contribution in [2.24, 2.45) is 0 Å². The van der Waals surface area contributed by atoms with Crippen LogP contribution < -0.4 is 14.0 Å². The van der Waals surface area contributed by atoms with E-state index in [-0.39, 0.29) is 11.2 Å². The van der Waals surface area contributed by atoms with Gasteiger partial charge >= 0.3 is 12.2 Å². The number of nitrogens with zero attached hydrogens (tertiary/aromatic N) is 2. The van der Waals surface area contributed by atoms with Crippen LogP contribution >= 0.6 is 22.9 Å². The van der Waals surface area contributed by atoms with Crippen LogP contribution in [0.15, 0.2) is 65.6 Å². The number of benzene rings is 2. The number of imidazole rings is 1. The monoisotopic (exact) mass is 553 g/mol. The molecule has 2 aromatic heterocycles. The molecule has 0 saturated heterocycles. The number of pyridine rings is 1. The Morgan fingerprint density at radius 2 is 1.88 bits per heavy atom. The molecule has 0 aliphatic rings. The number of amides is 2. The summed E-state index contributed by atoms with van der Waals surface area (Å²) in [7, 11) is 0. The number of hydrogen-bond acceptors (Lipinski definition) is 3. The first-order valence-corrected chi connectivity index (χ1v) is 10.3. The van der Waals surface area contributed by atoms with Gasteiger partial charge < -0.3 is 15.3 Å². The van der Waals surface area contributed by atoms with Gasteiger partial charge in [-0.05, 0) is 42.0 Å². The summed E-state index contributed by atoms with van der Waals surface area (Å²) >= 11 is 1.78. The summed E-state index contributed by atoms with van der Waals surface area (Å²) in [6.45, 7) is 0. The average molecular weight is 553 g/mol. The standard InChI is InChI=1S/C21H15F3IN5O2/c22-21(23,24)13-2-1-3-14(11-13)27-20(32)30(25)15-6-4-12(5-7-15)10-17-28-16-8-9-26-19(31)18(16)29-17/h1-9,11H,10H2,(H,26,31)(H,27,32)(H,28,29). The molecular weight excluding hydrogens is 538 g/mol. The maximum absolute atomic E-state index is 12.9. The number of H-pyrrole nitrogens is 2. The summed E-state index contributed by atoms with van der Waals surface area (Å²) in [5.41, 5.74) is 1.38. The molecule has 0 unspecified atom stereocenters. The third-order valence-electron chi connectivity index (χ3n) is 4.62. The summed E-state index contributed by atoms with van der Waals surface area (Å²) in [5.74, 6) is 0.623. The van der Waals surface area contributed by atoms with E-state index in [0.717, 1.165) is 17.7 Å². The molecule has 0 bridgehead atoms. The minimum absolute atomic E-state index is 0.0444. The fourth-order valence-corrected chi connectivity index (χ4v) is 3.53. The van der Waals surface area contributed by atoms with Gasteiger partial charge in [0.1, 0.15) is 11.3 Å². The second-order valence-corrected chi connectivity index (χ2v) is 7.85. The molecule has 11 heteroatoms. The van der Waals surface area contributed by atoms with Crippen LogP contribution in [-0.4, -0.2) is 21.0 Å². The van der Waals surface area contributed by atoms with Crippen LogP contribution in [-0.2, 0) is 12.6 Å². The first kappa shape index (κ1) is 21.9. The summed E-state index contributed by atoms with van der Waals surface area (Å²) in [6.07, 6.45) is -2.51. The first-order chi connectivity index (χ1) is 15.2. The minimum Gasteiger partial charge on any atom is -0.337 e. The number of urea groups is 1. The zero-order valence-electron chi connectivity index (χ0n) is 16.2. The largest absolute Gasteiger partial charge is 0.416 e. The van der Waals surface area contributed by atoms with E-state index < -0.39 is 17.8 Å². The lowest BCUT2D eigenvalue weighted by molar-refractivity contribution is -0.137. The van der Waals surface area contributed by atoms with Crippen molar-refractivity contribution in [3.05, 3.63) is 88.1 Å². The second kappa shape index (κ2) is 8.65. The molecule has 0 spiro atoms. The number of halogens is 4. The van der Waals surface area contributed by atoms with Crippen molar-refractivity contribution in [3.63, 3.8) is 0 Å². The molecule has 0 atom stereocenters. The number of rotatable bonds is 4. The van der Waals surface area contributed by atoms with Gasteiger partial charge in [-0.2, -0.15) is 13.2 Å². The predicted molar refractivity (Wildman–Crippen MR) is 123 cm³/mol.